The van der Waals surface area contributed by atoms with Crippen molar-refractivity contribution < 1.29 is 33.3 Å². The summed E-state index contributed by atoms with van der Waals surface area (Å²) in [5, 5.41) is 15.2. The number of methoxy groups -OCH3 is 1. The zero-order chi connectivity index (χ0) is 35.3. The highest BCUT2D eigenvalue weighted by molar-refractivity contribution is 5.79. The first-order chi connectivity index (χ1) is 23.0. The zero-order valence-corrected chi connectivity index (χ0v) is 30.7. The van der Waals surface area contributed by atoms with Crippen molar-refractivity contribution in [2.24, 2.45) is 16.6 Å². The van der Waals surface area contributed by atoms with E-state index in [0.29, 0.717) is 124 Å². The normalized spacial score (nSPS) is 15.6. The summed E-state index contributed by atoms with van der Waals surface area (Å²) in [7, 11) is 3.62. The number of nitrogens with one attached hydrogen (secondary N) is 2. The van der Waals surface area contributed by atoms with E-state index in [-0.39, 0.29) is 28.7 Å². The number of rotatable bonds is 26. The number of aromatic nitrogens is 3. The maximum absolute atomic E-state index is 13.2. The maximum Gasteiger partial charge on any atom is 0.222 e. The first-order valence-electron chi connectivity index (χ1n) is 17.6. The molecule has 1 aromatic rings. The molecule has 1 aliphatic heterocycles. The second kappa shape index (κ2) is 23.2. The van der Waals surface area contributed by atoms with Crippen LogP contribution in [0.1, 0.15) is 71.2 Å². The standard InChI is InChI=1S/C34H65N7O7/c1-33(2,24-36-5)26-48-27-34(3,4)25-41-30-12-15-40(23-28(44-6)22-29(30)38-39-41)32(43)11-7-10-31(42)37-14-9-17-46-19-21-47-20-18-45-16-8-13-35/h28,36H,7-27,35H2,1-6H3,(H,37,42). The predicted molar refractivity (Wildman–Crippen MR) is 185 cm³/mol. The molecule has 0 aromatic carbocycles. The van der Waals surface area contributed by atoms with Gasteiger partial charge in [0.1, 0.15) is 0 Å². The van der Waals surface area contributed by atoms with E-state index in [1.807, 2.05) is 16.6 Å². The number of amides is 2. The summed E-state index contributed by atoms with van der Waals surface area (Å²) in [4.78, 5) is 27.4. The fourth-order valence-electron chi connectivity index (χ4n) is 5.53. The third-order valence-electron chi connectivity index (χ3n) is 8.11. The molecule has 0 spiro atoms. The van der Waals surface area contributed by atoms with Crippen LogP contribution in [0.2, 0.25) is 0 Å². The molecule has 0 saturated carbocycles. The van der Waals surface area contributed by atoms with Crippen molar-refractivity contribution in [2.75, 3.05) is 99.7 Å². The van der Waals surface area contributed by atoms with Gasteiger partial charge < -0.3 is 45.0 Å². The molecule has 1 aliphatic rings. The van der Waals surface area contributed by atoms with Crippen LogP contribution >= 0.6 is 0 Å². The average molecular weight is 684 g/mol. The van der Waals surface area contributed by atoms with Crippen LogP contribution in [-0.2, 0) is 52.7 Å². The number of nitrogens with two attached hydrogens (primary N) is 1. The van der Waals surface area contributed by atoms with Crippen molar-refractivity contribution in [3.8, 4) is 0 Å². The van der Waals surface area contributed by atoms with Crippen LogP contribution in [-0.4, -0.2) is 138 Å². The van der Waals surface area contributed by atoms with Gasteiger partial charge in [0.05, 0.1) is 63.7 Å². The molecule has 0 aliphatic carbocycles. The third kappa shape index (κ3) is 17.5. The monoisotopic (exact) mass is 683 g/mol. The highest BCUT2D eigenvalue weighted by Crippen LogP contribution is 2.24. The number of carbonyl (C=O) groups is 2. The van der Waals surface area contributed by atoms with E-state index in [2.05, 4.69) is 48.6 Å². The van der Waals surface area contributed by atoms with E-state index < -0.39 is 0 Å². The SMILES string of the molecule is CNCC(C)(C)COCC(C)(C)Cn1nnc2c1CCN(C(=O)CCCC(=O)NCCCOCCOCCOCCCN)CC(OC)C2. The summed E-state index contributed by atoms with van der Waals surface area (Å²) in [6.45, 7) is 17.0. The Labute approximate surface area is 288 Å². The second-order valence-electron chi connectivity index (χ2n) is 14.2. The molecule has 1 aromatic heterocycles. The predicted octanol–water partition coefficient (Wildman–Crippen LogP) is 1.58. The van der Waals surface area contributed by atoms with E-state index >= 15 is 0 Å². The van der Waals surface area contributed by atoms with Gasteiger partial charge in [-0.3, -0.25) is 9.59 Å². The lowest BCUT2D eigenvalue weighted by molar-refractivity contribution is -0.133. The Kier molecular flexibility index (Phi) is 20.3. The Balaban J connectivity index is 1.70. The van der Waals surface area contributed by atoms with E-state index in [0.717, 1.165) is 24.4 Å². The average Bonchev–Trinajstić information content (AvgIpc) is 3.37. The van der Waals surface area contributed by atoms with Gasteiger partial charge in [-0.15, -0.1) is 5.10 Å². The Bertz CT molecular complexity index is 1040. The number of nitrogens with zero attached hydrogens (tertiary/aromatic N) is 4. The van der Waals surface area contributed by atoms with Gasteiger partial charge >= 0.3 is 0 Å². The van der Waals surface area contributed by atoms with Crippen LogP contribution in [0.15, 0.2) is 0 Å². The number of fused-ring (bicyclic) bond motifs is 1. The molecule has 48 heavy (non-hydrogen) atoms. The molecule has 0 saturated heterocycles. The van der Waals surface area contributed by atoms with Gasteiger partial charge in [0, 0.05) is 83.0 Å². The van der Waals surface area contributed by atoms with Crippen LogP contribution in [0.3, 0.4) is 0 Å². The molecule has 14 nitrogen and oxygen atoms in total. The lowest BCUT2D eigenvalue weighted by Crippen LogP contribution is -2.42. The minimum atomic E-state index is -0.179. The minimum Gasteiger partial charge on any atom is -0.380 e. The Hall–Kier alpha value is -2.20. The summed E-state index contributed by atoms with van der Waals surface area (Å²) in [6.07, 6.45) is 3.75. The molecule has 278 valence electrons. The van der Waals surface area contributed by atoms with Crippen LogP contribution in [0.4, 0.5) is 0 Å². The first kappa shape index (κ1) is 42.0. The fraction of sp³-hybridized carbons (Fsp3) is 0.882. The van der Waals surface area contributed by atoms with Gasteiger partial charge in [-0.1, -0.05) is 32.9 Å². The highest BCUT2D eigenvalue weighted by Gasteiger charge is 2.29. The van der Waals surface area contributed by atoms with Gasteiger partial charge in [0.15, 0.2) is 0 Å². The number of hydrogen-bond donors (Lipinski definition) is 3. The van der Waals surface area contributed by atoms with Crippen molar-refractivity contribution in [3.05, 3.63) is 11.4 Å². The molecular formula is C34H65N7O7. The Morgan fingerprint density at radius 2 is 1.58 bits per heavy atom. The van der Waals surface area contributed by atoms with Crippen LogP contribution < -0.4 is 16.4 Å². The van der Waals surface area contributed by atoms with Gasteiger partial charge in [0.25, 0.3) is 0 Å². The van der Waals surface area contributed by atoms with Crippen molar-refractivity contribution in [3.63, 3.8) is 0 Å². The van der Waals surface area contributed by atoms with E-state index in [1.54, 1.807) is 7.11 Å². The number of carbonyl (C=O) groups excluding carboxylic acids is 2. The maximum atomic E-state index is 13.2. The quantitative estimate of drug-likeness (QED) is 0.122. The molecule has 2 rings (SSSR count). The summed E-state index contributed by atoms with van der Waals surface area (Å²) in [6, 6.07) is 0. The van der Waals surface area contributed by atoms with Crippen LogP contribution in [0.5, 0.6) is 0 Å². The zero-order valence-electron chi connectivity index (χ0n) is 30.7. The molecule has 2 amide bonds. The minimum absolute atomic E-state index is 0.0305. The molecule has 0 radical (unpaired) electrons. The Morgan fingerprint density at radius 1 is 0.917 bits per heavy atom. The van der Waals surface area contributed by atoms with E-state index in [1.165, 1.54) is 0 Å². The Morgan fingerprint density at radius 3 is 2.25 bits per heavy atom. The summed E-state index contributed by atoms with van der Waals surface area (Å²) in [5.74, 6) is -0.0250. The number of hydrogen-bond acceptors (Lipinski definition) is 11. The summed E-state index contributed by atoms with van der Waals surface area (Å²) >= 11 is 0. The highest BCUT2D eigenvalue weighted by atomic mass is 16.5. The van der Waals surface area contributed by atoms with E-state index in [9.17, 15) is 9.59 Å². The topological polar surface area (TPSA) is 164 Å². The largest absolute Gasteiger partial charge is 0.380 e. The third-order valence-corrected chi connectivity index (χ3v) is 8.11. The second-order valence-corrected chi connectivity index (χ2v) is 14.2. The van der Waals surface area contributed by atoms with Gasteiger partial charge in [-0.05, 0) is 32.9 Å². The molecule has 0 fully saturated rings. The van der Waals surface area contributed by atoms with E-state index in [4.69, 9.17) is 29.4 Å². The lowest BCUT2D eigenvalue weighted by atomic mass is 9.93. The van der Waals surface area contributed by atoms with Crippen molar-refractivity contribution in [2.45, 2.75) is 85.3 Å². The van der Waals surface area contributed by atoms with Gasteiger partial charge in [-0.2, -0.15) is 0 Å². The smallest absolute Gasteiger partial charge is 0.222 e. The first-order valence-corrected chi connectivity index (χ1v) is 17.6. The molecule has 1 unspecified atom stereocenters. The van der Waals surface area contributed by atoms with Crippen molar-refractivity contribution in [1.82, 2.24) is 30.5 Å². The fourth-order valence-corrected chi connectivity index (χ4v) is 5.53. The van der Waals surface area contributed by atoms with Crippen LogP contribution in [0, 0.1) is 10.8 Å². The molecule has 0 bridgehead atoms. The van der Waals surface area contributed by atoms with Gasteiger partial charge in [0.2, 0.25) is 11.8 Å². The summed E-state index contributed by atoms with van der Waals surface area (Å²) in [5.41, 5.74) is 7.28. The molecule has 2 heterocycles. The molecule has 4 N–H and O–H groups in total. The van der Waals surface area contributed by atoms with Gasteiger partial charge in [-0.25, -0.2) is 4.68 Å². The van der Waals surface area contributed by atoms with Crippen LogP contribution in [0.25, 0.3) is 0 Å². The van der Waals surface area contributed by atoms with Crippen molar-refractivity contribution >= 4 is 11.8 Å². The molecule has 1 atom stereocenters. The summed E-state index contributed by atoms with van der Waals surface area (Å²) < 4.78 is 30.2. The molecular weight excluding hydrogens is 618 g/mol. The number of ether oxygens (including phenoxy) is 5. The van der Waals surface area contributed by atoms with Crippen molar-refractivity contribution in [1.29, 1.82) is 0 Å². The lowest BCUT2D eigenvalue weighted by Gasteiger charge is -2.31. The molecule has 14 heteroatoms.